The summed E-state index contributed by atoms with van der Waals surface area (Å²) in [6.07, 6.45) is 26.6. The van der Waals surface area contributed by atoms with Crippen molar-refractivity contribution in [1.82, 2.24) is 0 Å². The molecule has 39 heavy (non-hydrogen) atoms. The number of unbranched alkanes of at least 4 members (excludes halogenated alkanes) is 1. The van der Waals surface area contributed by atoms with Crippen LogP contribution in [-0.2, 0) is 0 Å². The molecule has 3 aliphatic carbocycles. The van der Waals surface area contributed by atoms with Gasteiger partial charge in [0, 0.05) is 0 Å². The van der Waals surface area contributed by atoms with Crippen LogP contribution in [0.2, 0.25) is 0 Å². The smallest absolute Gasteiger partial charge is 0.0137 e. The predicted octanol–water partition coefficient (Wildman–Crippen LogP) is 13.9. The molecule has 0 heteroatoms. The molecule has 0 aromatic carbocycles. The van der Waals surface area contributed by atoms with Crippen LogP contribution in [-0.4, -0.2) is 0 Å². The van der Waals surface area contributed by atoms with E-state index in [1.54, 1.807) is 25.7 Å². The molecule has 0 saturated heterocycles. The van der Waals surface area contributed by atoms with Gasteiger partial charge in [0.1, 0.15) is 0 Å². The van der Waals surface area contributed by atoms with Crippen LogP contribution < -0.4 is 0 Å². The lowest BCUT2D eigenvalue weighted by atomic mass is 9.71. The fraction of sp³-hybridized carbons (Fsp3) is 0.897. The van der Waals surface area contributed by atoms with Gasteiger partial charge in [-0.3, -0.25) is 0 Å². The first-order valence-corrected chi connectivity index (χ1v) is 18.2. The van der Waals surface area contributed by atoms with Crippen LogP contribution in [0.3, 0.4) is 0 Å². The SMILES string of the molecule is C/C=C\C(C)C(CCC)/C(=C(/CCCC)C(C)C)C1CC1C.CC.CC.CC1CCCC(C2CCCCC2)C1. The maximum Gasteiger partial charge on any atom is -0.0137 e. The molecule has 0 N–H and O–H groups in total. The molecule has 3 saturated carbocycles. The van der Waals surface area contributed by atoms with Crippen molar-refractivity contribution in [2.45, 2.75) is 179 Å². The summed E-state index contributed by atoms with van der Waals surface area (Å²) in [5, 5.41) is 0. The van der Waals surface area contributed by atoms with Gasteiger partial charge in [-0.15, -0.1) is 0 Å². The Morgan fingerprint density at radius 3 is 1.82 bits per heavy atom. The summed E-state index contributed by atoms with van der Waals surface area (Å²) in [5.74, 6) is 7.24. The molecule has 3 rings (SSSR count). The molecular weight excluding hydrogens is 468 g/mol. The van der Waals surface area contributed by atoms with Crippen molar-refractivity contribution in [1.29, 1.82) is 0 Å². The molecule has 0 radical (unpaired) electrons. The van der Waals surface area contributed by atoms with Crippen molar-refractivity contribution < 1.29 is 0 Å². The zero-order valence-electron chi connectivity index (χ0n) is 29.4. The fourth-order valence-corrected chi connectivity index (χ4v) is 7.61. The van der Waals surface area contributed by atoms with Crippen molar-refractivity contribution in [2.75, 3.05) is 0 Å². The average molecular weight is 545 g/mol. The summed E-state index contributed by atoms with van der Waals surface area (Å²) in [5.41, 5.74) is 3.69. The Balaban J connectivity index is 0.000000717. The van der Waals surface area contributed by atoms with E-state index < -0.39 is 0 Å². The molecule has 0 aromatic rings. The van der Waals surface area contributed by atoms with E-state index in [-0.39, 0.29) is 0 Å². The van der Waals surface area contributed by atoms with Crippen LogP contribution in [0.25, 0.3) is 0 Å². The molecule has 3 fully saturated rings. The highest BCUT2D eigenvalue weighted by molar-refractivity contribution is 5.28. The van der Waals surface area contributed by atoms with E-state index in [2.05, 4.69) is 67.5 Å². The Morgan fingerprint density at radius 2 is 1.36 bits per heavy atom. The molecule has 0 spiro atoms. The molecule has 0 bridgehead atoms. The summed E-state index contributed by atoms with van der Waals surface area (Å²) in [6.45, 7) is 27.0. The van der Waals surface area contributed by atoms with E-state index in [1.807, 2.05) is 38.8 Å². The highest BCUT2D eigenvalue weighted by Crippen LogP contribution is 2.51. The third-order valence-electron chi connectivity index (χ3n) is 9.80. The summed E-state index contributed by atoms with van der Waals surface area (Å²) >= 11 is 0. The normalized spacial score (nSPS) is 27.2. The molecule has 0 aliphatic heterocycles. The van der Waals surface area contributed by atoms with Crippen molar-refractivity contribution in [3.05, 3.63) is 23.3 Å². The zero-order chi connectivity index (χ0) is 29.8. The van der Waals surface area contributed by atoms with Crippen LogP contribution >= 0.6 is 0 Å². The highest BCUT2D eigenvalue weighted by Gasteiger charge is 2.41. The summed E-state index contributed by atoms with van der Waals surface area (Å²) in [6, 6.07) is 0. The molecule has 0 nitrogen and oxygen atoms in total. The Kier molecular flexibility index (Phi) is 22.8. The van der Waals surface area contributed by atoms with Crippen LogP contribution in [0, 0.1) is 47.3 Å². The first kappa shape index (κ1) is 38.5. The summed E-state index contributed by atoms with van der Waals surface area (Å²) < 4.78 is 0. The summed E-state index contributed by atoms with van der Waals surface area (Å²) in [4.78, 5) is 0. The van der Waals surface area contributed by atoms with E-state index >= 15 is 0 Å². The molecule has 0 aromatic heterocycles. The Hall–Kier alpha value is -0.520. The van der Waals surface area contributed by atoms with E-state index in [0.29, 0.717) is 11.8 Å². The number of hydrogen-bond acceptors (Lipinski definition) is 0. The lowest BCUT2D eigenvalue weighted by molar-refractivity contribution is 0.166. The van der Waals surface area contributed by atoms with E-state index in [4.69, 9.17) is 0 Å². The van der Waals surface area contributed by atoms with E-state index in [9.17, 15) is 0 Å². The van der Waals surface area contributed by atoms with Crippen LogP contribution in [0.4, 0.5) is 0 Å². The summed E-state index contributed by atoms with van der Waals surface area (Å²) in [7, 11) is 0. The fourth-order valence-electron chi connectivity index (χ4n) is 7.61. The lowest BCUT2D eigenvalue weighted by Gasteiger charge is -2.35. The van der Waals surface area contributed by atoms with Crippen molar-refractivity contribution >= 4 is 0 Å². The van der Waals surface area contributed by atoms with Crippen molar-refractivity contribution in [3.8, 4) is 0 Å². The van der Waals surface area contributed by atoms with Crippen LogP contribution in [0.15, 0.2) is 23.3 Å². The quantitative estimate of drug-likeness (QED) is 0.227. The van der Waals surface area contributed by atoms with Crippen molar-refractivity contribution in [2.24, 2.45) is 47.3 Å². The number of allylic oxidation sites excluding steroid dienone is 4. The topological polar surface area (TPSA) is 0 Å². The molecule has 3 aliphatic rings. The van der Waals surface area contributed by atoms with Gasteiger partial charge < -0.3 is 0 Å². The van der Waals surface area contributed by atoms with E-state index in [0.717, 1.165) is 35.5 Å². The largest absolute Gasteiger partial charge is 0.0914 e. The second kappa shape index (κ2) is 23.1. The van der Waals surface area contributed by atoms with Crippen molar-refractivity contribution in [3.63, 3.8) is 0 Å². The molecule has 6 atom stereocenters. The average Bonchev–Trinajstić information content (AvgIpc) is 3.68. The van der Waals surface area contributed by atoms with Crippen LogP contribution in [0.5, 0.6) is 0 Å². The van der Waals surface area contributed by atoms with Gasteiger partial charge in [-0.05, 0) is 86.4 Å². The second-order valence-electron chi connectivity index (χ2n) is 13.3. The maximum absolute atomic E-state index is 2.45. The second-order valence-corrected chi connectivity index (χ2v) is 13.3. The third-order valence-corrected chi connectivity index (χ3v) is 9.80. The monoisotopic (exact) mass is 545 g/mol. The van der Waals surface area contributed by atoms with Crippen LogP contribution in [0.1, 0.15) is 179 Å². The molecule has 0 amide bonds. The van der Waals surface area contributed by atoms with Gasteiger partial charge in [0.15, 0.2) is 0 Å². The third kappa shape index (κ3) is 14.3. The van der Waals surface area contributed by atoms with Gasteiger partial charge in [0.25, 0.3) is 0 Å². The minimum Gasteiger partial charge on any atom is -0.0914 e. The minimum absolute atomic E-state index is 0.683. The first-order valence-electron chi connectivity index (χ1n) is 18.2. The zero-order valence-corrected chi connectivity index (χ0v) is 29.4. The number of rotatable bonds is 11. The van der Waals surface area contributed by atoms with E-state index in [1.165, 1.54) is 70.6 Å². The molecule has 6 unspecified atom stereocenters. The Morgan fingerprint density at radius 1 is 0.769 bits per heavy atom. The Labute approximate surface area is 249 Å². The molecule has 232 valence electrons. The van der Waals surface area contributed by atoms with Gasteiger partial charge in [0.2, 0.25) is 0 Å². The predicted molar refractivity (Wildman–Crippen MR) is 181 cm³/mol. The standard InChI is InChI=1S/C22H40.C13H24.2C2H6/c1-8-11-14-19(16(4)5)22(21-15-18(21)7)20(13-10-3)17(6)12-9-2;1-11-6-5-9-13(10-11)12-7-3-2-4-8-12;2*1-2/h9,12,16-18,20-21H,8,10-11,13-15H2,1-7H3;11-13H,2-10H2,1H3;2*1-2H3/b12-9-,22-19+;;;. The maximum atomic E-state index is 2.45. The van der Waals surface area contributed by atoms with Gasteiger partial charge in [-0.25, -0.2) is 0 Å². The highest BCUT2D eigenvalue weighted by atomic mass is 14.5. The lowest BCUT2D eigenvalue weighted by Crippen LogP contribution is -2.23. The number of hydrogen-bond donors (Lipinski definition) is 0. The van der Waals surface area contributed by atoms with Gasteiger partial charge in [0.05, 0.1) is 0 Å². The first-order chi connectivity index (χ1) is 18.8. The van der Waals surface area contributed by atoms with Gasteiger partial charge in [-0.1, -0.05) is 164 Å². The minimum atomic E-state index is 0.683. The molecule has 0 heterocycles. The van der Waals surface area contributed by atoms with Gasteiger partial charge in [-0.2, -0.15) is 0 Å². The Bertz CT molecular complexity index is 616. The molecular formula is C39H76. The van der Waals surface area contributed by atoms with Gasteiger partial charge >= 0.3 is 0 Å².